The van der Waals surface area contributed by atoms with Crippen molar-refractivity contribution >= 4 is 17.2 Å². The minimum absolute atomic E-state index is 0.243. The van der Waals surface area contributed by atoms with Gasteiger partial charge in [-0.1, -0.05) is 49.4 Å². The minimum atomic E-state index is -1.05. The first-order valence-corrected chi connectivity index (χ1v) is 9.58. The fourth-order valence-corrected chi connectivity index (χ4v) is 3.24. The van der Waals surface area contributed by atoms with Crippen molar-refractivity contribution in [2.24, 2.45) is 0 Å². The molecular weight excluding hydrogens is 364 g/mol. The first-order chi connectivity index (χ1) is 14.2. The van der Waals surface area contributed by atoms with Crippen molar-refractivity contribution in [3.05, 3.63) is 95.8 Å². The number of nitrogens with one attached hydrogen (secondary N) is 1. The van der Waals surface area contributed by atoms with Crippen molar-refractivity contribution in [2.45, 2.75) is 13.3 Å². The summed E-state index contributed by atoms with van der Waals surface area (Å²) in [6.07, 6.45) is 3.45. The molecule has 0 spiro atoms. The van der Waals surface area contributed by atoms with Gasteiger partial charge in [-0.2, -0.15) is 0 Å². The maximum atomic E-state index is 10.5. The molecule has 5 nitrogen and oxygen atoms in total. The molecule has 0 aliphatic heterocycles. The molecule has 0 aliphatic carbocycles. The van der Waals surface area contributed by atoms with Gasteiger partial charge in [-0.05, 0) is 58.5 Å². The molecule has 1 amide bonds. The molecule has 0 atom stereocenters. The fourth-order valence-electron chi connectivity index (χ4n) is 3.24. The lowest BCUT2D eigenvalue weighted by molar-refractivity contribution is 0.191. The third kappa shape index (κ3) is 5.45. The molecule has 0 saturated carbocycles. The molecule has 29 heavy (non-hydrogen) atoms. The first-order valence-electron chi connectivity index (χ1n) is 9.58. The van der Waals surface area contributed by atoms with Crippen LogP contribution in [0.25, 0.3) is 11.1 Å². The van der Waals surface area contributed by atoms with Crippen LogP contribution in [0, 0.1) is 0 Å². The molecule has 1 aromatic heterocycles. The molecule has 3 rings (SSSR count). The predicted octanol–water partition coefficient (Wildman–Crippen LogP) is 5.10. The van der Waals surface area contributed by atoms with E-state index in [0.29, 0.717) is 5.75 Å². The Kier molecular flexibility index (Phi) is 7.00. The van der Waals surface area contributed by atoms with Crippen LogP contribution in [0.1, 0.15) is 30.0 Å². The number of amides is 1. The van der Waals surface area contributed by atoms with Crippen LogP contribution in [0.4, 0.5) is 4.79 Å². The summed E-state index contributed by atoms with van der Waals surface area (Å²) in [5, 5.41) is 10.9. The van der Waals surface area contributed by atoms with Crippen molar-refractivity contribution in [3.8, 4) is 5.75 Å². The summed E-state index contributed by atoms with van der Waals surface area (Å²) in [6, 6.07) is 22.3. The SMILES string of the molecule is CCC(=C(c1ccncc1)c1ccc(OCCNC(=O)O)cc1)c1ccccc1. The summed E-state index contributed by atoms with van der Waals surface area (Å²) in [5.41, 5.74) is 5.83. The topological polar surface area (TPSA) is 71.5 Å². The molecule has 3 aromatic rings. The number of carboxylic acid groups (broad SMARTS) is 1. The van der Waals surface area contributed by atoms with Gasteiger partial charge in [0.25, 0.3) is 0 Å². The van der Waals surface area contributed by atoms with Crippen molar-refractivity contribution in [3.63, 3.8) is 0 Å². The van der Waals surface area contributed by atoms with Crippen LogP contribution in [-0.4, -0.2) is 29.3 Å². The van der Waals surface area contributed by atoms with Gasteiger partial charge in [0.2, 0.25) is 0 Å². The summed E-state index contributed by atoms with van der Waals surface area (Å²) < 4.78 is 5.62. The maximum Gasteiger partial charge on any atom is 0.404 e. The van der Waals surface area contributed by atoms with Crippen LogP contribution >= 0.6 is 0 Å². The van der Waals surface area contributed by atoms with E-state index in [1.54, 1.807) is 12.4 Å². The summed E-state index contributed by atoms with van der Waals surface area (Å²) in [6.45, 7) is 2.69. The highest BCUT2D eigenvalue weighted by atomic mass is 16.5. The Morgan fingerprint density at radius 3 is 2.21 bits per heavy atom. The molecule has 0 bridgehead atoms. The Bertz CT molecular complexity index is 952. The second-order valence-electron chi connectivity index (χ2n) is 6.41. The van der Waals surface area contributed by atoms with Crippen LogP contribution in [0.3, 0.4) is 0 Å². The third-order valence-electron chi connectivity index (χ3n) is 4.54. The number of benzene rings is 2. The molecule has 2 N–H and O–H groups in total. The van der Waals surface area contributed by atoms with E-state index in [4.69, 9.17) is 9.84 Å². The monoisotopic (exact) mass is 388 g/mol. The summed E-state index contributed by atoms with van der Waals surface area (Å²) >= 11 is 0. The number of carbonyl (C=O) groups is 1. The molecule has 0 fully saturated rings. The smallest absolute Gasteiger partial charge is 0.404 e. The van der Waals surface area contributed by atoms with Crippen molar-refractivity contribution in [1.29, 1.82) is 0 Å². The number of hydrogen-bond acceptors (Lipinski definition) is 3. The Balaban J connectivity index is 1.93. The predicted molar refractivity (Wildman–Crippen MR) is 115 cm³/mol. The number of ether oxygens (including phenoxy) is 1. The molecule has 0 saturated heterocycles. The van der Waals surface area contributed by atoms with Gasteiger partial charge in [0, 0.05) is 12.4 Å². The van der Waals surface area contributed by atoms with E-state index in [1.165, 1.54) is 16.7 Å². The molecule has 148 valence electrons. The third-order valence-corrected chi connectivity index (χ3v) is 4.54. The maximum absolute atomic E-state index is 10.5. The van der Waals surface area contributed by atoms with Gasteiger partial charge >= 0.3 is 6.09 Å². The summed E-state index contributed by atoms with van der Waals surface area (Å²) in [5.74, 6) is 0.702. The van der Waals surface area contributed by atoms with Gasteiger partial charge in [-0.25, -0.2) is 4.79 Å². The van der Waals surface area contributed by atoms with Crippen molar-refractivity contribution in [2.75, 3.05) is 13.2 Å². The van der Waals surface area contributed by atoms with E-state index in [1.807, 2.05) is 42.5 Å². The van der Waals surface area contributed by atoms with E-state index in [-0.39, 0.29) is 13.2 Å². The first kappa shape index (κ1) is 20.1. The second kappa shape index (κ2) is 10.1. The van der Waals surface area contributed by atoms with Gasteiger partial charge in [-0.15, -0.1) is 0 Å². The zero-order valence-electron chi connectivity index (χ0n) is 16.3. The van der Waals surface area contributed by atoms with Gasteiger partial charge in [0.1, 0.15) is 12.4 Å². The molecule has 2 aromatic carbocycles. The van der Waals surface area contributed by atoms with Crippen molar-refractivity contribution in [1.82, 2.24) is 10.3 Å². The largest absolute Gasteiger partial charge is 0.492 e. The number of pyridine rings is 1. The average Bonchev–Trinajstić information content (AvgIpc) is 2.76. The number of hydrogen-bond donors (Lipinski definition) is 2. The van der Waals surface area contributed by atoms with E-state index < -0.39 is 6.09 Å². The number of allylic oxidation sites excluding steroid dienone is 1. The molecular formula is C24H24N2O3. The highest BCUT2D eigenvalue weighted by Gasteiger charge is 2.13. The standard InChI is InChI=1S/C24H24N2O3/c1-2-22(18-6-4-3-5-7-18)23(20-12-14-25-15-13-20)19-8-10-21(11-9-19)29-17-16-26-24(27)28/h3-15,26H,2,16-17H2,1H3,(H,27,28). The molecule has 0 radical (unpaired) electrons. The molecule has 1 heterocycles. The van der Waals surface area contributed by atoms with Gasteiger partial charge in [0.15, 0.2) is 0 Å². The Labute approximate surface area is 170 Å². The second-order valence-corrected chi connectivity index (χ2v) is 6.41. The normalized spacial score (nSPS) is 11.5. The van der Waals surface area contributed by atoms with Crippen molar-refractivity contribution < 1.29 is 14.6 Å². The summed E-state index contributed by atoms with van der Waals surface area (Å²) in [4.78, 5) is 14.7. The minimum Gasteiger partial charge on any atom is -0.492 e. The van der Waals surface area contributed by atoms with E-state index in [0.717, 1.165) is 17.5 Å². The molecule has 5 heteroatoms. The Morgan fingerprint density at radius 2 is 1.59 bits per heavy atom. The molecule has 0 unspecified atom stereocenters. The van der Waals surface area contributed by atoms with Gasteiger partial charge < -0.3 is 15.2 Å². The van der Waals surface area contributed by atoms with Crippen LogP contribution in [0.5, 0.6) is 5.75 Å². The van der Waals surface area contributed by atoms with Crippen LogP contribution in [0.2, 0.25) is 0 Å². The lowest BCUT2D eigenvalue weighted by Crippen LogP contribution is -2.26. The quantitative estimate of drug-likeness (QED) is 0.416. The zero-order chi connectivity index (χ0) is 20.5. The lowest BCUT2D eigenvalue weighted by atomic mass is 9.88. The van der Waals surface area contributed by atoms with Gasteiger partial charge in [-0.3, -0.25) is 4.98 Å². The van der Waals surface area contributed by atoms with E-state index in [9.17, 15) is 4.79 Å². The lowest BCUT2D eigenvalue weighted by Gasteiger charge is -2.16. The number of rotatable bonds is 8. The van der Waals surface area contributed by atoms with E-state index in [2.05, 4.69) is 41.5 Å². The molecule has 0 aliphatic rings. The average molecular weight is 388 g/mol. The zero-order valence-corrected chi connectivity index (χ0v) is 16.3. The number of nitrogens with zero attached hydrogens (tertiary/aromatic N) is 1. The van der Waals surface area contributed by atoms with E-state index >= 15 is 0 Å². The Morgan fingerprint density at radius 1 is 0.931 bits per heavy atom. The summed E-state index contributed by atoms with van der Waals surface area (Å²) in [7, 11) is 0. The van der Waals surface area contributed by atoms with Gasteiger partial charge in [0.05, 0.1) is 6.54 Å². The highest BCUT2D eigenvalue weighted by Crippen LogP contribution is 2.34. The number of aromatic nitrogens is 1. The Hall–Kier alpha value is -3.60. The fraction of sp³-hybridized carbons (Fsp3) is 0.167. The van der Waals surface area contributed by atoms with Crippen LogP contribution in [0.15, 0.2) is 79.1 Å². The van der Waals surface area contributed by atoms with Crippen LogP contribution in [-0.2, 0) is 0 Å². The highest BCUT2D eigenvalue weighted by molar-refractivity contribution is 5.98. The van der Waals surface area contributed by atoms with Crippen LogP contribution < -0.4 is 10.1 Å².